The van der Waals surface area contributed by atoms with Crippen LogP contribution in [0.4, 0.5) is 5.69 Å². The molecule has 0 spiro atoms. The van der Waals surface area contributed by atoms with Crippen LogP contribution in [0.1, 0.15) is 31.9 Å². The number of rotatable bonds is 3. The summed E-state index contributed by atoms with van der Waals surface area (Å²) in [6, 6.07) is 6.44. The summed E-state index contributed by atoms with van der Waals surface area (Å²) in [6.45, 7) is 14.4. The number of hydrogen-bond acceptors (Lipinski definition) is 3. The summed E-state index contributed by atoms with van der Waals surface area (Å²) in [6.07, 6.45) is 0. The Morgan fingerprint density at radius 3 is 2.36 bits per heavy atom. The second kappa shape index (κ2) is 6.69. The molecule has 4 nitrogen and oxygen atoms in total. The second-order valence-corrected chi connectivity index (χ2v) is 7.19. The van der Waals surface area contributed by atoms with Crippen molar-refractivity contribution in [1.82, 2.24) is 10.2 Å². The first kappa shape index (κ1) is 16.8. The van der Waals surface area contributed by atoms with Gasteiger partial charge < -0.3 is 15.1 Å². The molecule has 1 heterocycles. The molecule has 0 saturated carbocycles. The lowest BCUT2D eigenvalue weighted by molar-refractivity contribution is -0.130. The summed E-state index contributed by atoms with van der Waals surface area (Å²) in [4.78, 5) is 16.6. The van der Waals surface area contributed by atoms with E-state index in [4.69, 9.17) is 0 Å². The molecule has 0 aromatic heterocycles. The molecule has 1 saturated heterocycles. The summed E-state index contributed by atoms with van der Waals surface area (Å²) in [5, 5.41) is 3.27. The number of carbonyl (C=O) groups excluding carboxylic acids is 1. The van der Waals surface area contributed by atoms with Crippen molar-refractivity contribution >= 4 is 11.6 Å². The molecule has 4 heteroatoms. The third kappa shape index (κ3) is 4.23. The van der Waals surface area contributed by atoms with Gasteiger partial charge in [-0.1, -0.05) is 12.1 Å². The van der Waals surface area contributed by atoms with Crippen molar-refractivity contribution in [3.8, 4) is 0 Å². The summed E-state index contributed by atoms with van der Waals surface area (Å²) < 4.78 is 0. The van der Waals surface area contributed by atoms with E-state index in [9.17, 15) is 4.79 Å². The molecule has 1 aromatic rings. The van der Waals surface area contributed by atoms with Crippen LogP contribution >= 0.6 is 0 Å². The zero-order valence-electron chi connectivity index (χ0n) is 14.6. The van der Waals surface area contributed by atoms with Crippen LogP contribution < -0.4 is 10.2 Å². The lowest BCUT2D eigenvalue weighted by atomic mass is 10.1. The number of hydrogen-bond donors (Lipinski definition) is 1. The molecule has 2 rings (SSSR count). The fourth-order valence-electron chi connectivity index (χ4n) is 2.73. The third-order valence-electron chi connectivity index (χ3n) is 4.32. The van der Waals surface area contributed by atoms with Gasteiger partial charge in [-0.2, -0.15) is 0 Å². The average molecular weight is 303 g/mol. The highest BCUT2D eigenvalue weighted by Crippen LogP contribution is 2.23. The van der Waals surface area contributed by atoms with Gasteiger partial charge in [-0.25, -0.2) is 0 Å². The average Bonchev–Trinajstić information content (AvgIpc) is 2.47. The number of nitrogens with zero attached hydrogens (tertiary/aromatic N) is 2. The predicted octanol–water partition coefficient (Wildman–Crippen LogP) is 2.34. The Morgan fingerprint density at radius 2 is 1.77 bits per heavy atom. The van der Waals surface area contributed by atoms with Gasteiger partial charge in [-0.05, 0) is 51.8 Å². The molecule has 0 atom stereocenters. The van der Waals surface area contributed by atoms with Crippen LogP contribution in [0.3, 0.4) is 0 Å². The topological polar surface area (TPSA) is 35.6 Å². The Labute approximate surface area is 134 Å². The Morgan fingerprint density at radius 1 is 1.14 bits per heavy atom. The molecular weight excluding hydrogens is 274 g/mol. The van der Waals surface area contributed by atoms with E-state index < -0.39 is 0 Å². The smallest absolute Gasteiger partial charge is 0.236 e. The molecular formula is C18H29N3O. The summed E-state index contributed by atoms with van der Waals surface area (Å²) in [5.41, 5.74) is 3.96. The molecule has 0 unspecified atom stereocenters. The van der Waals surface area contributed by atoms with Crippen LogP contribution in [0.25, 0.3) is 0 Å². The quantitative estimate of drug-likeness (QED) is 0.931. The summed E-state index contributed by atoms with van der Waals surface area (Å²) in [7, 11) is 0. The highest BCUT2D eigenvalue weighted by molar-refractivity contribution is 5.78. The standard InChI is InChI=1S/C18H29N3O/c1-14-7-6-8-16(15(14)2)20-9-11-21(12-10-20)17(22)13-19-18(3,4)5/h6-8,19H,9-13H2,1-5H3. The number of aryl methyl sites for hydroxylation is 1. The van der Waals surface area contributed by atoms with E-state index in [1.165, 1.54) is 16.8 Å². The van der Waals surface area contributed by atoms with Gasteiger partial charge >= 0.3 is 0 Å². The normalized spacial score (nSPS) is 16.0. The van der Waals surface area contributed by atoms with E-state index in [0.29, 0.717) is 6.54 Å². The predicted molar refractivity (Wildman–Crippen MR) is 92.5 cm³/mol. The van der Waals surface area contributed by atoms with Crippen molar-refractivity contribution in [3.05, 3.63) is 29.3 Å². The zero-order valence-corrected chi connectivity index (χ0v) is 14.6. The molecule has 1 N–H and O–H groups in total. The van der Waals surface area contributed by atoms with Crippen molar-refractivity contribution in [2.75, 3.05) is 37.6 Å². The lowest BCUT2D eigenvalue weighted by Crippen LogP contribution is -2.52. The number of benzene rings is 1. The Kier molecular flexibility index (Phi) is 5.12. The maximum atomic E-state index is 12.3. The molecule has 22 heavy (non-hydrogen) atoms. The van der Waals surface area contributed by atoms with E-state index >= 15 is 0 Å². The van der Waals surface area contributed by atoms with Crippen LogP contribution in [0, 0.1) is 13.8 Å². The largest absolute Gasteiger partial charge is 0.368 e. The number of anilines is 1. The molecule has 1 amide bonds. The fraction of sp³-hybridized carbons (Fsp3) is 0.611. The maximum absolute atomic E-state index is 12.3. The highest BCUT2D eigenvalue weighted by Gasteiger charge is 2.23. The number of carbonyl (C=O) groups is 1. The first-order valence-corrected chi connectivity index (χ1v) is 8.12. The van der Waals surface area contributed by atoms with Crippen molar-refractivity contribution < 1.29 is 4.79 Å². The zero-order chi connectivity index (χ0) is 16.3. The van der Waals surface area contributed by atoms with Gasteiger partial charge in [-0.3, -0.25) is 4.79 Å². The van der Waals surface area contributed by atoms with Crippen LogP contribution in [0.15, 0.2) is 18.2 Å². The van der Waals surface area contributed by atoms with Crippen molar-refractivity contribution in [1.29, 1.82) is 0 Å². The van der Waals surface area contributed by atoms with E-state index in [-0.39, 0.29) is 11.4 Å². The SMILES string of the molecule is Cc1cccc(N2CCN(C(=O)CNC(C)(C)C)CC2)c1C. The van der Waals surface area contributed by atoms with Crippen molar-refractivity contribution in [2.45, 2.75) is 40.2 Å². The monoisotopic (exact) mass is 303 g/mol. The molecule has 122 valence electrons. The van der Waals surface area contributed by atoms with Crippen LogP contribution in [0.2, 0.25) is 0 Å². The second-order valence-electron chi connectivity index (χ2n) is 7.19. The van der Waals surface area contributed by atoms with Gasteiger partial charge in [0.05, 0.1) is 6.54 Å². The van der Waals surface area contributed by atoms with Gasteiger partial charge in [0.1, 0.15) is 0 Å². The molecule has 0 aliphatic carbocycles. The Hall–Kier alpha value is -1.55. The van der Waals surface area contributed by atoms with E-state index in [1.54, 1.807) is 0 Å². The summed E-state index contributed by atoms with van der Waals surface area (Å²) >= 11 is 0. The Bertz CT molecular complexity index is 526. The summed E-state index contributed by atoms with van der Waals surface area (Å²) in [5.74, 6) is 0.204. The molecule has 0 radical (unpaired) electrons. The highest BCUT2D eigenvalue weighted by atomic mass is 16.2. The molecule has 0 bridgehead atoms. The molecule has 1 fully saturated rings. The van der Waals surface area contributed by atoms with Crippen LogP contribution in [-0.2, 0) is 4.79 Å². The van der Waals surface area contributed by atoms with E-state index in [1.807, 2.05) is 4.90 Å². The van der Waals surface area contributed by atoms with Gasteiger partial charge in [0.25, 0.3) is 0 Å². The third-order valence-corrected chi connectivity index (χ3v) is 4.32. The van der Waals surface area contributed by atoms with Crippen molar-refractivity contribution in [3.63, 3.8) is 0 Å². The van der Waals surface area contributed by atoms with Crippen molar-refractivity contribution in [2.24, 2.45) is 0 Å². The van der Waals surface area contributed by atoms with E-state index in [0.717, 1.165) is 26.2 Å². The van der Waals surface area contributed by atoms with Gasteiger partial charge in [0.15, 0.2) is 0 Å². The van der Waals surface area contributed by atoms with Crippen LogP contribution in [-0.4, -0.2) is 49.1 Å². The minimum absolute atomic E-state index is 0.0177. The van der Waals surface area contributed by atoms with Gasteiger partial charge in [0.2, 0.25) is 5.91 Å². The first-order chi connectivity index (χ1) is 10.3. The number of nitrogens with one attached hydrogen (secondary N) is 1. The maximum Gasteiger partial charge on any atom is 0.236 e. The molecule has 1 aliphatic heterocycles. The molecule has 1 aliphatic rings. The van der Waals surface area contributed by atoms with Gasteiger partial charge in [-0.15, -0.1) is 0 Å². The van der Waals surface area contributed by atoms with Crippen LogP contribution in [0.5, 0.6) is 0 Å². The fourth-order valence-corrected chi connectivity index (χ4v) is 2.73. The number of piperazine rings is 1. The minimum Gasteiger partial charge on any atom is -0.368 e. The number of amides is 1. The lowest BCUT2D eigenvalue weighted by Gasteiger charge is -2.37. The minimum atomic E-state index is -0.0177. The Balaban J connectivity index is 1.90. The van der Waals surface area contributed by atoms with E-state index in [2.05, 4.69) is 63.0 Å². The first-order valence-electron chi connectivity index (χ1n) is 8.12. The van der Waals surface area contributed by atoms with Gasteiger partial charge in [0, 0.05) is 37.4 Å². The molecule has 1 aromatic carbocycles.